The SMILES string of the molecule is CN=C(NCCC(C)c1cccc(C(F)(F)F)c1)NCC1CCN(CCOC)CC1. The predicted octanol–water partition coefficient (Wildman–Crippen LogP) is 3.72. The summed E-state index contributed by atoms with van der Waals surface area (Å²) in [6.07, 6.45) is -1.28. The summed E-state index contributed by atoms with van der Waals surface area (Å²) >= 11 is 0. The molecule has 1 saturated heterocycles. The predicted molar refractivity (Wildman–Crippen MR) is 115 cm³/mol. The van der Waals surface area contributed by atoms with Crippen molar-refractivity contribution in [1.82, 2.24) is 15.5 Å². The highest BCUT2D eigenvalue weighted by molar-refractivity contribution is 5.79. The molecule has 1 aliphatic rings. The maximum absolute atomic E-state index is 12.9. The van der Waals surface area contributed by atoms with Crippen LogP contribution < -0.4 is 10.6 Å². The van der Waals surface area contributed by atoms with Crippen molar-refractivity contribution in [3.63, 3.8) is 0 Å². The number of aliphatic imine (C=N–C) groups is 1. The number of nitrogens with one attached hydrogen (secondary N) is 2. The summed E-state index contributed by atoms with van der Waals surface area (Å²) in [5.41, 5.74) is 0.111. The minimum absolute atomic E-state index is 0.0225. The van der Waals surface area contributed by atoms with Crippen molar-refractivity contribution in [2.45, 2.75) is 38.3 Å². The monoisotopic (exact) mass is 428 g/mol. The van der Waals surface area contributed by atoms with Crippen LogP contribution in [-0.4, -0.2) is 64.3 Å². The van der Waals surface area contributed by atoms with Crippen molar-refractivity contribution in [1.29, 1.82) is 0 Å². The lowest BCUT2D eigenvalue weighted by atomic mass is 9.96. The van der Waals surface area contributed by atoms with E-state index < -0.39 is 11.7 Å². The molecule has 30 heavy (non-hydrogen) atoms. The van der Waals surface area contributed by atoms with Gasteiger partial charge in [-0.15, -0.1) is 0 Å². The molecule has 1 aromatic rings. The summed E-state index contributed by atoms with van der Waals surface area (Å²) in [5.74, 6) is 1.38. The van der Waals surface area contributed by atoms with Gasteiger partial charge in [0.1, 0.15) is 0 Å². The maximum atomic E-state index is 12.9. The van der Waals surface area contributed by atoms with Crippen molar-refractivity contribution in [3.8, 4) is 0 Å². The van der Waals surface area contributed by atoms with Gasteiger partial charge in [0, 0.05) is 33.8 Å². The molecular weight excluding hydrogens is 393 g/mol. The van der Waals surface area contributed by atoms with E-state index in [1.807, 2.05) is 6.92 Å². The van der Waals surface area contributed by atoms with E-state index in [9.17, 15) is 13.2 Å². The Balaban J connectivity index is 1.70. The Hall–Kier alpha value is -1.80. The fourth-order valence-corrected chi connectivity index (χ4v) is 3.69. The first-order chi connectivity index (χ1) is 14.3. The molecule has 0 bridgehead atoms. The molecule has 0 aromatic heterocycles. The van der Waals surface area contributed by atoms with Crippen LogP contribution in [0, 0.1) is 5.92 Å². The number of nitrogens with zero attached hydrogens (tertiary/aromatic N) is 2. The van der Waals surface area contributed by atoms with Gasteiger partial charge in [-0.3, -0.25) is 4.99 Å². The summed E-state index contributed by atoms with van der Waals surface area (Å²) in [4.78, 5) is 6.70. The molecule has 1 atom stereocenters. The second-order valence-corrected chi connectivity index (χ2v) is 7.97. The van der Waals surface area contributed by atoms with Crippen molar-refractivity contribution >= 4 is 5.96 Å². The molecule has 0 radical (unpaired) electrons. The molecule has 1 unspecified atom stereocenters. The largest absolute Gasteiger partial charge is 0.416 e. The van der Waals surface area contributed by atoms with Crippen LogP contribution in [0.4, 0.5) is 13.2 Å². The summed E-state index contributed by atoms with van der Waals surface area (Å²) < 4.78 is 43.9. The van der Waals surface area contributed by atoms with Gasteiger partial charge >= 0.3 is 6.18 Å². The van der Waals surface area contributed by atoms with Crippen LogP contribution in [0.2, 0.25) is 0 Å². The lowest BCUT2D eigenvalue weighted by Gasteiger charge is -2.32. The first-order valence-corrected chi connectivity index (χ1v) is 10.7. The third-order valence-electron chi connectivity index (χ3n) is 5.75. The third kappa shape index (κ3) is 8.14. The van der Waals surface area contributed by atoms with E-state index in [-0.39, 0.29) is 5.92 Å². The number of likely N-dealkylation sites (tertiary alicyclic amines) is 1. The van der Waals surface area contributed by atoms with E-state index in [0.717, 1.165) is 64.1 Å². The van der Waals surface area contributed by atoms with E-state index in [2.05, 4.69) is 20.5 Å². The summed E-state index contributed by atoms with van der Waals surface area (Å²) in [5, 5.41) is 6.67. The first kappa shape index (κ1) is 24.5. The standard InChI is InChI=1S/C22H35F3N4O/c1-17(19-5-4-6-20(15-19)22(23,24)25)7-10-27-21(26-2)28-16-18-8-11-29(12-9-18)13-14-30-3/h4-6,15,17-18H,7-14,16H2,1-3H3,(H2,26,27,28). The van der Waals surface area contributed by atoms with Crippen LogP contribution in [0.5, 0.6) is 0 Å². The third-order valence-corrected chi connectivity index (χ3v) is 5.75. The van der Waals surface area contributed by atoms with E-state index in [4.69, 9.17) is 4.74 Å². The lowest BCUT2D eigenvalue weighted by Crippen LogP contribution is -2.43. The number of guanidine groups is 1. The molecule has 0 saturated carbocycles. The molecule has 5 nitrogen and oxygen atoms in total. The summed E-state index contributed by atoms with van der Waals surface area (Å²) in [7, 11) is 3.47. The maximum Gasteiger partial charge on any atom is 0.416 e. The molecule has 2 rings (SSSR count). The van der Waals surface area contributed by atoms with Crippen LogP contribution in [0.1, 0.15) is 43.2 Å². The van der Waals surface area contributed by atoms with Crippen LogP contribution in [-0.2, 0) is 10.9 Å². The minimum Gasteiger partial charge on any atom is -0.383 e. The summed E-state index contributed by atoms with van der Waals surface area (Å²) in [6, 6.07) is 5.59. The van der Waals surface area contributed by atoms with E-state index in [1.54, 1.807) is 20.2 Å². The number of methoxy groups -OCH3 is 1. The highest BCUT2D eigenvalue weighted by Crippen LogP contribution is 2.31. The number of hydrogen-bond donors (Lipinski definition) is 2. The molecule has 8 heteroatoms. The Kier molecular flexibility index (Phi) is 9.91. The van der Waals surface area contributed by atoms with Crippen molar-refractivity contribution < 1.29 is 17.9 Å². The number of halogens is 3. The zero-order chi connectivity index (χ0) is 22.0. The highest BCUT2D eigenvalue weighted by atomic mass is 19.4. The van der Waals surface area contributed by atoms with Gasteiger partial charge in [-0.2, -0.15) is 13.2 Å². The molecule has 2 N–H and O–H groups in total. The van der Waals surface area contributed by atoms with Crippen LogP contribution >= 0.6 is 0 Å². The van der Waals surface area contributed by atoms with Gasteiger partial charge in [0.05, 0.1) is 12.2 Å². The van der Waals surface area contributed by atoms with Gasteiger partial charge in [-0.05, 0) is 55.8 Å². The number of piperidine rings is 1. The molecule has 1 fully saturated rings. The average molecular weight is 429 g/mol. The lowest BCUT2D eigenvalue weighted by molar-refractivity contribution is -0.137. The van der Waals surface area contributed by atoms with Gasteiger partial charge in [0.2, 0.25) is 0 Å². The van der Waals surface area contributed by atoms with Crippen LogP contribution in [0.25, 0.3) is 0 Å². The summed E-state index contributed by atoms with van der Waals surface area (Å²) in [6.45, 7) is 7.42. The zero-order valence-corrected chi connectivity index (χ0v) is 18.3. The van der Waals surface area contributed by atoms with E-state index in [0.29, 0.717) is 18.0 Å². The van der Waals surface area contributed by atoms with Crippen molar-refractivity contribution in [2.75, 3.05) is 53.5 Å². The molecule has 0 spiro atoms. The molecule has 1 heterocycles. The molecule has 170 valence electrons. The normalized spacial score (nSPS) is 17.7. The van der Waals surface area contributed by atoms with E-state index in [1.165, 1.54) is 12.1 Å². The molecular formula is C22H35F3N4O. The Morgan fingerprint density at radius 1 is 1.27 bits per heavy atom. The fraction of sp³-hybridized carbons (Fsp3) is 0.682. The van der Waals surface area contributed by atoms with Gasteiger partial charge in [0.15, 0.2) is 5.96 Å². The quantitative estimate of drug-likeness (QED) is 0.465. The van der Waals surface area contributed by atoms with Crippen LogP contribution in [0.15, 0.2) is 29.3 Å². The number of hydrogen-bond acceptors (Lipinski definition) is 3. The van der Waals surface area contributed by atoms with Gasteiger partial charge in [0.25, 0.3) is 0 Å². The minimum atomic E-state index is -4.31. The molecule has 1 aromatic carbocycles. The van der Waals surface area contributed by atoms with Crippen molar-refractivity contribution in [2.24, 2.45) is 10.9 Å². The smallest absolute Gasteiger partial charge is 0.383 e. The number of benzene rings is 1. The Morgan fingerprint density at radius 2 is 2.00 bits per heavy atom. The zero-order valence-electron chi connectivity index (χ0n) is 18.3. The Morgan fingerprint density at radius 3 is 2.63 bits per heavy atom. The van der Waals surface area contributed by atoms with Gasteiger partial charge in [-0.1, -0.05) is 25.1 Å². The number of ether oxygens (including phenoxy) is 1. The molecule has 0 aliphatic carbocycles. The first-order valence-electron chi connectivity index (χ1n) is 10.7. The number of rotatable bonds is 9. The van der Waals surface area contributed by atoms with Gasteiger partial charge in [-0.25, -0.2) is 0 Å². The van der Waals surface area contributed by atoms with E-state index >= 15 is 0 Å². The molecule has 1 aliphatic heterocycles. The second-order valence-electron chi connectivity index (χ2n) is 7.97. The highest BCUT2D eigenvalue weighted by Gasteiger charge is 2.30. The fourth-order valence-electron chi connectivity index (χ4n) is 3.69. The average Bonchev–Trinajstić information content (AvgIpc) is 2.74. The Bertz CT molecular complexity index is 658. The van der Waals surface area contributed by atoms with Crippen LogP contribution in [0.3, 0.4) is 0 Å². The Labute approximate surface area is 178 Å². The number of alkyl halides is 3. The van der Waals surface area contributed by atoms with Crippen molar-refractivity contribution in [3.05, 3.63) is 35.4 Å². The topological polar surface area (TPSA) is 48.9 Å². The molecule has 0 amide bonds. The van der Waals surface area contributed by atoms with Gasteiger partial charge < -0.3 is 20.3 Å². The second kappa shape index (κ2) is 12.2.